The van der Waals surface area contributed by atoms with Crippen LogP contribution in [0.4, 0.5) is 10.1 Å². The van der Waals surface area contributed by atoms with Crippen molar-refractivity contribution in [2.45, 2.75) is 6.92 Å². The van der Waals surface area contributed by atoms with E-state index in [-0.39, 0.29) is 10.7 Å². The molecule has 0 bridgehead atoms. The normalized spacial score (nSPS) is 10.4. The van der Waals surface area contributed by atoms with Gasteiger partial charge in [0, 0.05) is 12.1 Å². The zero-order valence-electron chi connectivity index (χ0n) is 10.2. The second-order valence-electron chi connectivity index (χ2n) is 4.00. The van der Waals surface area contributed by atoms with Crippen molar-refractivity contribution in [3.8, 4) is 11.5 Å². The SMILES string of the molecule is Cc1cc([N+](=O)[O-])c(Cl)cc1Oc1ccc(F)cc1Br. The molecule has 20 heavy (non-hydrogen) atoms. The summed E-state index contributed by atoms with van der Waals surface area (Å²) in [7, 11) is 0. The average Bonchev–Trinajstić information content (AvgIpc) is 2.36. The molecule has 2 aromatic rings. The highest BCUT2D eigenvalue weighted by molar-refractivity contribution is 9.10. The van der Waals surface area contributed by atoms with Crippen LogP contribution in [0.2, 0.25) is 5.02 Å². The predicted octanol–water partition coefficient (Wildman–Crippen LogP) is 5.25. The second kappa shape index (κ2) is 5.76. The number of halogens is 3. The summed E-state index contributed by atoms with van der Waals surface area (Å²) >= 11 is 9.01. The van der Waals surface area contributed by atoms with Gasteiger partial charge in [-0.15, -0.1) is 0 Å². The maximum absolute atomic E-state index is 13.0. The van der Waals surface area contributed by atoms with Gasteiger partial charge in [-0.25, -0.2) is 4.39 Å². The lowest BCUT2D eigenvalue weighted by molar-refractivity contribution is -0.384. The van der Waals surface area contributed by atoms with E-state index in [0.29, 0.717) is 21.5 Å². The first kappa shape index (κ1) is 14.7. The zero-order valence-corrected chi connectivity index (χ0v) is 12.5. The lowest BCUT2D eigenvalue weighted by Crippen LogP contribution is -1.94. The summed E-state index contributed by atoms with van der Waals surface area (Å²) in [6.45, 7) is 1.66. The topological polar surface area (TPSA) is 52.4 Å². The fraction of sp³-hybridized carbons (Fsp3) is 0.0769. The van der Waals surface area contributed by atoms with Crippen LogP contribution in [0.15, 0.2) is 34.8 Å². The molecule has 0 spiro atoms. The molecule has 104 valence electrons. The summed E-state index contributed by atoms with van der Waals surface area (Å²) in [6.07, 6.45) is 0. The Morgan fingerprint density at radius 1 is 1.30 bits per heavy atom. The van der Waals surface area contributed by atoms with E-state index >= 15 is 0 Å². The van der Waals surface area contributed by atoms with E-state index in [2.05, 4.69) is 15.9 Å². The third-order valence-electron chi connectivity index (χ3n) is 2.55. The van der Waals surface area contributed by atoms with Gasteiger partial charge in [-0.3, -0.25) is 10.1 Å². The largest absolute Gasteiger partial charge is 0.456 e. The van der Waals surface area contributed by atoms with Crippen LogP contribution < -0.4 is 4.74 Å². The van der Waals surface area contributed by atoms with Gasteiger partial charge in [0.2, 0.25) is 0 Å². The number of nitro benzene ring substituents is 1. The quantitative estimate of drug-likeness (QED) is 0.555. The van der Waals surface area contributed by atoms with Crippen LogP contribution in [0.25, 0.3) is 0 Å². The van der Waals surface area contributed by atoms with Gasteiger partial charge >= 0.3 is 0 Å². The van der Waals surface area contributed by atoms with Crippen LogP contribution in [-0.2, 0) is 0 Å². The number of benzene rings is 2. The van der Waals surface area contributed by atoms with Gasteiger partial charge < -0.3 is 4.74 Å². The van der Waals surface area contributed by atoms with Crippen molar-refractivity contribution in [1.29, 1.82) is 0 Å². The highest BCUT2D eigenvalue weighted by atomic mass is 79.9. The molecule has 0 N–H and O–H groups in total. The fourth-order valence-electron chi connectivity index (χ4n) is 1.57. The van der Waals surface area contributed by atoms with Crippen LogP contribution in [0, 0.1) is 22.9 Å². The maximum atomic E-state index is 13.0. The van der Waals surface area contributed by atoms with Crippen LogP contribution in [0.1, 0.15) is 5.56 Å². The molecule has 0 fully saturated rings. The van der Waals surface area contributed by atoms with Crippen molar-refractivity contribution in [1.82, 2.24) is 0 Å². The molecular weight excluding hydrogens is 353 g/mol. The Bertz CT molecular complexity index is 694. The Hall–Kier alpha value is -1.66. The molecule has 0 aliphatic heterocycles. The minimum absolute atomic E-state index is 0.0196. The molecule has 4 nitrogen and oxygen atoms in total. The lowest BCUT2D eigenvalue weighted by Gasteiger charge is -2.10. The van der Waals surface area contributed by atoms with E-state index in [1.54, 1.807) is 6.92 Å². The first-order valence-electron chi connectivity index (χ1n) is 5.46. The Labute approximate surface area is 127 Å². The van der Waals surface area contributed by atoms with Gasteiger partial charge in [0.25, 0.3) is 5.69 Å². The molecule has 0 amide bonds. The predicted molar refractivity (Wildman–Crippen MR) is 77.0 cm³/mol. The van der Waals surface area contributed by atoms with Crippen molar-refractivity contribution in [3.05, 3.63) is 61.3 Å². The van der Waals surface area contributed by atoms with E-state index in [1.165, 1.54) is 30.3 Å². The Balaban J connectivity index is 2.39. The summed E-state index contributed by atoms with van der Waals surface area (Å²) < 4.78 is 19.0. The molecule has 0 aliphatic carbocycles. The van der Waals surface area contributed by atoms with Crippen molar-refractivity contribution < 1.29 is 14.1 Å². The zero-order chi connectivity index (χ0) is 14.9. The number of ether oxygens (including phenoxy) is 1. The molecule has 2 rings (SSSR count). The highest BCUT2D eigenvalue weighted by Crippen LogP contribution is 2.36. The number of hydrogen-bond acceptors (Lipinski definition) is 3. The van der Waals surface area contributed by atoms with Crippen molar-refractivity contribution in [2.75, 3.05) is 0 Å². The Morgan fingerprint density at radius 3 is 2.60 bits per heavy atom. The summed E-state index contributed by atoms with van der Waals surface area (Å²) in [5.74, 6) is 0.356. The second-order valence-corrected chi connectivity index (χ2v) is 5.26. The fourth-order valence-corrected chi connectivity index (χ4v) is 2.23. The van der Waals surface area contributed by atoms with E-state index in [0.717, 1.165) is 0 Å². The number of nitro groups is 1. The van der Waals surface area contributed by atoms with Crippen molar-refractivity contribution >= 4 is 33.2 Å². The van der Waals surface area contributed by atoms with Crippen LogP contribution in [-0.4, -0.2) is 4.92 Å². The minimum Gasteiger partial charge on any atom is -0.456 e. The van der Waals surface area contributed by atoms with Crippen molar-refractivity contribution in [2.24, 2.45) is 0 Å². The first-order chi connectivity index (χ1) is 9.38. The molecule has 0 aliphatic rings. The molecule has 0 saturated carbocycles. The van der Waals surface area contributed by atoms with Crippen LogP contribution >= 0.6 is 27.5 Å². The number of nitrogens with zero attached hydrogens (tertiary/aromatic N) is 1. The molecular formula is C13H8BrClFNO3. The van der Waals surface area contributed by atoms with E-state index < -0.39 is 10.7 Å². The number of rotatable bonds is 3. The molecule has 0 saturated heterocycles. The number of aryl methyl sites for hydroxylation is 1. The average molecular weight is 361 g/mol. The summed E-state index contributed by atoms with van der Waals surface area (Å²) in [5.41, 5.74) is 0.368. The Kier molecular flexibility index (Phi) is 4.25. The van der Waals surface area contributed by atoms with Gasteiger partial charge in [-0.05, 0) is 46.6 Å². The molecule has 2 aromatic carbocycles. The van der Waals surface area contributed by atoms with Gasteiger partial charge in [-0.2, -0.15) is 0 Å². The summed E-state index contributed by atoms with van der Waals surface area (Å²) in [4.78, 5) is 10.2. The monoisotopic (exact) mass is 359 g/mol. The molecule has 7 heteroatoms. The molecule has 0 atom stereocenters. The molecule has 0 radical (unpaired) electrons. The molecule has 0 heterocycles. The Morgan fingerprint density at radius 2 is 2.00 bits per heavy atom. The van der Waals surface area contributed by atoms with Gasteiger partial charge in [0.1, 0.15) is 22.3 Å². The highest BCUT2D eigenvalue weighted by Gasteiger charge is 2.16. The van der Waals surface area contributed by atoms with Crippen molar-refractivity contribution in [3.63, 3.8) is 0 Å². The number of hydrogen-bond donors (Lipinski definition) is 0. The van der Waals surface area contributed by atoms with Gasteiger partial charge in [0.15, 0.2) is 0 Å². The van der Waals surface area contributed by atoms with Crippen LogP contribution in [0.5, 0.6) is 11.5 Å². The molecule has 0 aromatic heterocycles. The minimum atomic E-state index is -0.563. The van der Waals surface area contributed by atoms with E-state index in [1.807, 2.05) is 0 Å². The first-order valence-corrected chi connectivity index (χ1v) is 6.63. The van der Waals surface area contributed by atoms with Gasteiger partial charge in [-0.1, -0.05) is 11.6 Å². The van der Waals surface area contributed by atoms with E-state index in [9.17, 15) is 14.5 Å². The van der Waals surface area contributed by atoms with Crippen LogP contribution in [0.3, 0.4) is 0 Å². The standard InChI is InChI=1S/C13H8BrClFNO3/c1-7-4-11(17(18)19)10(15)6-13(7)20-12-3-2-8(16)5-9(12)14/h2-6H,1H3. The third kappa shape index (κ3) is 3.08. The maximum Gasteiger partial charge on any atom is 0.288 e. The summed E-state index contributed by atoms with van der Waals surface area (Å²) in [5, 5.41) is 10.7. The van der Waals surface area contributed by atoms with Gasteiger partial charge in [0.05, 0.1) is 9.40 Å². The molecule has 0 unspecified atom stereocenters. The smallest absolute Gasteiger partial charge is 0.288 e. The summed E-state index contributed by atoms with van der Waals surface area (Å²) in [6, 6.07) is 6.66. The third-order valence-corrected chi connectivity index (χ3v) is 3.48. The lowest BCUT2D eigenvalue weighted by atomic mass is 10.2. The van der Waals surface area contributed by atoms with E-state index in [4.69, 9.17) is 16.3 Å².